The molecule has 0 aliphatic rings. The Morgan fingerprint density at radius 1 is 1.42 bits per heavy atom. The Bertz CT molecular complexity index is 697. The molecule has 1 aromatic carbocycles. The van der Waals surface area contributed by atoms with E-state index in [0.717, 1.165) is 11.5 Å². The van der Waals surface area contributed by atoms with Crippen molar-refractivity contribution in [3.8, 4) is 0 Å². The van der Waals surface area contributed by atoms with Gasteiger partial charge in [-0.05, 0) is 26.0 Å². The number of hydrogen-bond acceptors (Lipinski definition) is 6. The fraction of sp³-hybridized carbons (Fsp3) is 0.312. The van der Waals surface area contributed by atoms with Gasteiger partial charge in [0.2, 0.25) is 5.91 Å². The molecule has 1 unspecified atom stereocenters. The average Bonchev–Trinajstić information content (AvgIpc) is 2.98. The van der Waals surface area contributed by atoms with Gasteiger partial charge in [0, 0.05) is 12.2 Å². The monoisotopic (exact) mass is 346 g/mol. The van der Waals surface area contributed by atoms with Gasteiger partial charge in [-0.2, -0.15) is 0 Å². The van der Waals surface area contributed by atoms with E-state index in [2.05, 4.69) is 46.6 Å². The second kappa shape index (κ2) is 8.51. The predicted molar refractivity (Wildman–Crippen MR) is 96.5 cm³/mol. The van der Waals surface area contributed by atoms with E-state index >= 15 is 0 Å². The van der Waals surface area contributed by atoms with Crippen LogP contribution < -0.4 is 16.6 Å². The molecule has 1 heterocycles. The molecule has 24 heavy (non-hydrogen) atoms. The molecule has 0 aliphatic carbocycles. The summed E-state index contributed by atoms with van der Waals surface area (Å²) in [4.78, 5) is 11.3. The minimum atomic E-state index is -0.263. The van der Waals surface area contributed by atoms with Crippen LogP contribution >= 0.6 is 11.8 Å². The zero-order valence-corrected chi connectivity index (χ0v) is 14.6. The largest absolute Gasteiger partial charge is 0.375 e. The molecule has 8 heteroatoms. The van der Waals surface area contributed by atoms with Crippen molar-refractivity contribution >= 4 is 23.4 Å². The molecule has 2 aromatic rings. The molecule has 128 valence electrons. The number of anilines is 1. The highest BCUT2D eigenvalue weighted by molar-refractivity contribution is 7.99. The summed E-state index contributed by atoms with van der Waals surface area (Å²) in [7, 11) is 0. The maximum absolute atomic E-state index is 11.3. The van der Waals surface area contributed by atoms with E-state index in [1.807, 2.05) is 23.6 Å². The number of aryl methyl sites for hydroxylation is 1. The molecule has 4 N–H and O–H groups in total. The van der Waals surface area contributed by atoms with Gasteiger partial charge in [0.05, 0.1) is 11.8 Å². The van der Waals surface area contributed by atoms with Gasteiger partial charge >= 0.3 is 0 Å². The van der Waals surface area contributed by atoms with E-state index in [0.29, 0.717) is 11.7 Å². The predicted octanol–water partition coefficient (Wildman–Crippen LogP) is 2.03. The quantitative estimate of drug-likeness (QED) is 0.222. The van der Waals surface area contributed by atoms with Crippen LogP contribution in [-0.4, -0.2) is 26.4 Å². The molecule has 0 bridgehead atoms. The summed E-state index contributed by atoms with van der Waals surface area (Å²) in [5.74, 6) is 5.81. The highest BCUT2D eigenvalue weighted by atomic mass is 32.2. The molecule has 0 spiro atoms. The van der Waals surface area contributed by atoms with Crippen LogP contribution in [0, 0.1) is 6.92 Å². The van der Waals surface area contributed by atoms with Crippen LogP contribution in [0.25, 0.3) is 0 Å². The third kappa shape index (κ3) is 4.59. The summed E-state index contributed by atoms with van der Waals surface area (Å²) in [6.07, 6.45) is 1.78. The van der Waals surface area contributed by atoms with Crippen LogP contribution in [0.3, 0.4) is 0 Å². The van der Waals surface area contributed by atoms with Crippen LogP contribution in [0.2, 0.25) is 0 Å². The minimum absolute atomic E-state index is 0.0437. The summed E-state index contributed by atoms with van der Waals surface area (Å²) < 4.78 is 1.94. The second-order valence-electron chi connectivity index (χ2n) is 5.33. The van der Waals surface area contributed by atoms with Crippen molar-refractivity contribution in [3.05, 3.63) is 48.3 Å². The lowest BCUT2D eigenvalue weighted by molar-refractivity contribution is -0.118. The number of carbonyl (C=O) groups excluding carboxylic acids is 1. The number of hydrogen-bond donors (Lipinski definition) is 3. The second-order valence-corrected chi connectivity index (χ2v) is 6.27. The summed E-state index contributed by atoms with van der Waals surface area (Å²) in [6, 6.07) is 8.12. The molecule has 1 aromatic heterocycles. The number of aromatic nitrogens is 3. The van der Waals surface area contributed by atoms with Crippen molar-refractivity contribution < 1.29 is 4.79 Å². The summed E-state index contributed by atoms with van der Waals surface area (Å²) in [6.45, 7) is 8.41. The van der Waals surface area contributed by atoms with Gasteiger partial charge in [-0.1, -0.05) is 35.5 Å². The summed E-state index contributed by atoms with van der Waals surface area (Å²) in [5, 5.41) is 12.5. The first-order valence-corrected chi connectivity index (χ1v) is 8.53. The lowest BCUT2D eigenvalue weighted by Crippen LogP contribution is -2.31. The van der Waals surface area contributed by atoms with E-state index in [4.69, 9.17) is 5.84 Å². The van der Waals surface area contributed by atoms with Gasteiger partial charge in [0.25, 0.3) is 0 Å². The van der Waals surface area contributed by atoms with Crippen LogP contribution in [-0.2, 0) is 11.3 Å². The van der Waals surface area contributed by atoms with E-state index < -0.39 is 0 Å². The van der Waals surface area contributed by atoms with Crippen molar-refractivity contribution in [2.45, 2.75) is 31.6 Å². The number of nitrogens with two attached hydrogens (primary N) is 1. The van der Waals surface area contributed by atoms with Gasteiger partial charge in [-0.3, -0.25) is 10.2 Å². The van der Waals surface area contributed by atoms with Crippen LogP contribution in [0.15, 0.2) is 42.1 Å². The molecule has 0 saturated heterocycles. The summed E-state index contributed by atoms with van der Waals surface area (Å²) in [5.41, 5.74) is 4.32. The van der Waals surface area contributed by atoms with Crippen molar-refractivity contribution in [2.24, 2.45) is 5.84 Å². The Kier molecular flexibility index (Phi) is 6.39. The Hall–Kier alpha value is -2.32. The van der Waals surface area contributed by atoms with Gasteiger partial charge in [0.15, 0.2) is 11.0 Å². The molecule has 2 rings (SSSR count). The number of rotatable bonds is 8. The fourth-order valence-corrected chi connectivity index (χ4v) is 2.93. The van der Waals surface area contributed by atoms with Crippen LogP contribution in [0.1, 0.15) is 24.4 Å². The minimum Gasteiger partial charge on any atom is -0.375 e. The molecular formula is C16H22N6OS. The molecular weight excluding hydrogens is 324 g/mol. The van der Waals surface area contributed by atoms with E-state index in [9.17, 15) is 4.79 Å². The third-order valence-electron chi connectivity index (χ3n) is 3.37. The molecule has 7 nitrogen and oxygen atoms in total. The Balaban J connectivity index is 2.15. The van der Waals surface area contributed by atoms with Gasteiger partial charge in [0.1, 0.15) is 0 Å². The average molecular weight is 346 g/mol. The van der Waals surface area contributed by atoms with E-state index in [-0.39, 0.29) is 17.7 Å². The normalized spacial score (nSPS) is 11.8. The molecule has 0 radical (unpaired) electrons. The van der Waals surface area contributed by atoms with Gasteiger partial charge < -0.3 is 9.88 Å². The smallest absolute Gasteiger partial charge is 0.244 e. The topological polar surface area (TPSA) is 97.9 Å². The highest BCUT2D eigenvalue weighted by Crippen LogP contribution is 2.23. The first kappa shape index (κ1) is 18.0. The Labute approximate surface area is 145 Å². The number of amides is 1. The number of nitrogens with one attached hydrogen (secondary N) is 2. The zero-order chi connectivity index (χ0) is 17.5. The van der Waals surface area contributed by atoms with Crippen LogP contribution in [0.4, 0.5) is 5.69 Å². The standard InChI is InChI=1S/C16H22N6OS/c1-4-9-22-15(20-21-16(22)24-10-14(23)19-17)12(3)18-13-7-5-11(2)6-8-13/h4-8,12,18H,1,9-10,17H2,2-3H3,(H,19,23). The first-order chi connectivity index (χ1) is 11.5. The lowest BCUT2D eigenvalue weighted by Gasteiger charge is -2.16. The maximum Gasteiger partial charge on any atom is 0.244 e. The van der Waals surface area contributed by atoms with E-state index in [1.54, 1.807) is 6.08 Å². The van der Waals surface area contributed by atoms with Crippen molar-refractivity contribution in [1.82, 2.24) is 20.2 Å². The number of carbonyl (C=O) groups is 1. The van der Waals surface area contributed by atoms with Crippen molar-refractivity contribution in [2.75, 3.05) is 11.1 Å². The maximum atomic E-state index is 11.3. The first-order valence-electron chi connectivity index (χ1n) is 7.54. The number of nitrogens with zero attached hydrogens (tertiary/aromatic N) is 3. The Morgan fingerprint density at radius 3 is 2.75 bits per heavy atom. The lowest BCUT2D eigenvalue weighted by atomic mass is 10.2. The van der Waals surface area contributed by atoms with Crippen molar-refractivity contribution in [1.29, 1.82) is 0 Å². The van der Waals surface area contributed by atoms with Crippen molar-refractivity contribution in [3.63, 3.8) is 0 Å². The SMILES string of the molecule is C=CCn1c(SCC(=O)NN)nnc1C(C)Nc1ccc(C)cc1. The number of benzene rings is 1. The van der Waals surface area contributed by atoms with Crippen LogP contribution in [0.5, 0.6) is 0 Å². The summed E-state index contributed by atoms with van der Waals surface area (Å²) >= 11 is 1.29. The number of allylic oxidation sites excluding steroid dienone is 1. The fourth-order valence-electron chi connectivity index (χ4n) is 2.16. The Morgan fingerprint density at radius 2 is 2.12 bits per heavy atom. The number of hydrazine groups is 1. The molecule has 0 aliphatic heterocycles. The van der Waals surface area contributed by atoms with E-state index in [1.165, 1.54) is 17.3 Å². The zero-order valence-electron chi connectivity index (χ0n) is 13.8. The molecule has 0 fully saturated rings. The molecule has 0 saturated carbocycles. The molecule has 1 atom stereocenters. The molecule has 1 amide bonds. The van der Waals surface area contributed by atoms with Gasteiger partial charge in [-0.15, -0.1) is 16.8 Å². The third-order valence-corrected chi connectivity index (χ3v) is 4.34. The van der Waals surface area contributed by atoms with Gasteiger partial charge in [-0.25, -0.2) is 5.84 Å². The number of thioether (sulfide) groups is 1. The highest BCUT2D eigenvalue weighted by Gasteiger charge is 2.18.